The van der Waals surface area contributed by atoms with Crippen molar-refractivity contribution in [1.82, 2.24) is 14.3 Å². The average Bonchev–Trinajstić information content (AvgIpc) is 2.99. The number of aryl methyl sites for hydroxylation is 2. The Morgan fingerprint density at radius 1 is 1.07 bits per heavy atom. The predicted octanol–water partition coefficient (Wildman–Crippen LogP) is 3.72. The molecule has 0 aliphatic rings. The van der Waals surface area contributed by atoms with Crippen LogP contribution in [0, 0.1) is 25.5 Å². The average molecular weight is 408 g/mol. The van der Waals surface area contributed by atoms with Gasteiger partial charge in [-0.2, -0.15) is 0 Å². The Morgan fingerprint density at radius 3 is 2.63 bits per heavy atom. The first-order chi connectivity index (χ1) is 14.3. The molecule has 1 N–H and O–H groups in total. The summed E-state index contributed by atoms with van der Waals surface area (Å²) >= 11 is 0. The molecule has 4 rings (SSSR count). The minimum Gasteiger partial charge on any atom is -0.322 e. The fourth-order valence-corrected chi connectivity index (χ4v) is 3.27. The molecule has 0 saturated carbocycles. The molecule has 8 heteroatoms. The standard InChI is InChI=1S/C22H18F2N4O2/c1-13-5-7-16(10-14(13)2)28-22(30)17-4-3-9-25-21(17)27(28)12-20(29)26-19-11-15(23)6-8-18(19)24/h3-11H,12H2,1-2H3,(H,26,29). The number of hydrogen-bond acceptors (Lipinski definition) is 3. The van der Waals surface area contributed by atoms with Gasteiger partial charge in [0.05, 0.1) is 16.8 Å². The minimum absolute atomic E-state index is 0.274. The summed E-state index contributed by atoms with van der Waals surface area (Å²) in [6.07, 6.45) is 1.52. The van der Waals surface area contributed by atoms with E-state index >= 15 is 0 Å². The zero-order valence-corrected chi connectivity index (χ0v) is 16.3. The number of amides is 1. The van der Waals surface area contributed by atoms with Crippen molar-refractivity contribution in [2.24, 2.45) is 0 Å². The third-order valence-corrected chi connectivity index (χ3v) is 4.93. The SMILES string of the molecule is Cc1ccc(-n2c(=O)c3cccnc3n2CC(=O)Nc2cc(F)ccc2F)cc1C. The van der Waals surface area contributed by atoms with Crippen LogP contribution in [-0.4, -0.2) is 20.3 Å². The fourth-order valence-electron chi connectivity index (χ4n) is 3.27. The van der Waals surface area contributed by atoms with Crippen LogP contribution in [0.5, 0.6) is 0 Å². The number of benzene rings is 2. The molecule has 2 aromatic heterocycles. The molecule has 2 heterocycles. The summed E-state index contributed by atoms with van der Waals surface area (Å²) < 4.78 is 30.1. The van der Waals surface area contributed by atoms with E-state index in [-0.39, 0.29) is 17.8 Å². The van der Waals surface area contributed by atoms with Crippen LogP contribution in [0.25, 0.3) is 16.7 Å². The lowest BCUT2D eigenvalue weighted by Gasteiger charge is -2.14. The molecule has 0 aliphatic carbocycles. The zero-order valence-electron chi connectivity index (χ0n) is 16.3. The maximum atomic E-state index is 13.9. The van der Waals surface area contributed by atoms with E-state index in [1.165, 1.54) is 15.6 Å². The van der Waals surface area contributed by atoms with Gasteiger partial charge in [-0.25, -0.2) is 18.4 Å². The highest BCUT2D eigenvalue weighted by molar-refractivity contribution is 5.91. The van der Waals surface area contributed by atoms with Crippen LogP contribution in [0.4, 0.5) is 14.5 Å². The molecule has 0 fully saturated rings. The molecule has 0 spiro atoms. The molecule has 30 heavy (non-hydrogen) atoms. The van der Waals surface area contributed by atoms with Gasteiger partial charge in [0.2, 0.25) is 5.91 Å². The molecule has 2 aromatic carbocycles. The second kappa shape index (κ2) is 7.55. The van der Waals surface area contributed by atoms with Crippen molar-refractivity contribution in [2.75, 3.05) is 5.32 Å². The second-order valence-corrected chi connectivity index (χ2v) is 6.99. The van der Waals surface area contributed by atoms with Crippen LogP contribution in [-0.2, 0) is 11.3 Å². The van der Waals surface area contributed by atoms with Gasteiger partial charge in [-0.1, -0.05) is 6.07 Å². The second-order valence-electron chi connectivity index (χ2n) is 6.99. The lowest BCUT2D eigenvalue weighted by atomic mass is 10.1. The van der Waals surface area contributed by atoms with Gasteiger partial charge in [0.15, 0.2) is 5.65 Å². The normalized spacial score (nSPS) is 11.1. The molecule has 0 atom stereocenters. The molecule has 0 aliphatic heterocycles. The first kappa shape index (κ1) is 19.5. The highest BCUT2D eigenvalue weighted by atomic mass is 19.1. The quantitative estimate of drug-likeness (QED) is 0.560. The lowest BCUT2D eigenvalue weighted by molar-refractivity contribution is -0.117. The molecule has 1 amide bonds. The Labute approximate surface area is 170 Å². The Hall–Kier alpha value is -3.81. The maximum absolute atomic E-state index is 13.9. The molecule has 0 saturated heterocycles. The summed E-state index contributed by atoms with van der Waals surface area (Å²) in [5, 5.41) is 2.70. The summed E-state index contributed by atoms with van der Waals surface area (Å²) in [5.41, 5.74) is 2.33. The zero-order chi connectivity index (χ0) is 21.4. The number of carbonyl (C=O) groups excluding carboxylic acids is 1. The number of halogens is 2. The van der Waals surface area contributed by atoms with Gasteiger partial charge in [0.1, 0.15) is 18.2 Å². The first-order valence-electron chi connectivity index (χ1n) is 9.24. The van der Waals surface area contributed by atoms with Gasteiger partial charge in [0.25, 0.3) is 5.56 Å². The van der Waals surface area contributed by atoms with Gasteiger partial charge >= 0.3 is 0 Å². The molecule has 0 radical (unpaired) electrons. The first-order valence-corrected chi connectivity index (χ1v) is 9.24. The largest absolute Gasteiger partial charge is 0.322 e. The van der Waals surface area contributed by atoms with Crippen LogP contribution >= 0.6 is 0 Å². The third kappa shape index (κ3) is 3.47. The number of fused-ring (bicyclic) bond motifs is 1. The van der Waals surface area contributed by atoms with E-state index < -0.39 is 17.5 Å². The van der Waals surface area contributed by atoms with Crippen molar-refractivity contribution in [3.63, 3.8) is 0 Å². The topological polar surface area (TPSA) is 68.9 Å². The molecular weight excluding hydrogens is 390 g/mol. The van der Waals surface area contributed by atoms with Crippen molar-refractivity contribution >= 4 is 22.6 Å². The van der Waals surface area contributed by atoms with E-state index in [4.69, 9.17) is 0 Å². The molecule has 152 valence electrons. The predicted molar refractivity (Wildman–Crippen MR) is 110 cm³/mol. The summed E-state index contributed by atoms with van der Waals surface area (Å²) in [6, 6.07) is 11.6. The number of hydrogen-bond donors (Lipinski definition) is 1. The van der Waals surface area contributed by atoms with Gasteiger partial charge in [-0.3, -0.25) is 14.3 Å². The van der Waals surface area contributed by atoms with Crippen LogP contribution in [0.1, 0.15) is 11.1 Å². The van der Waals surface area contributed by atoms with E-state index in [9.17, 15) is 18.4 Å². The number of anilines is 1. The van der Waals surface area contributed by atoms with Crippen LogP contribution in [0.15, 0.2) is 59.5 Å². The van der Waals surface area contributed by atoms with Gasteiger partial charge in [-0.05, 0) is 61.4 Å². The van der Waals surface area contributed by atoms with E-state index in [0.717, 1.165) is 29.3 Å². The molecule has 4 aromatic rings. The van der Waals surface area contributed by atoms with Crippen molar-refractivity contribution in [2.45, 2.75) is 20.4 Å². The van der Waals surface area contributed by atoms with Crippen molar-refractivity contribution < 1.29 is 13.6 Å². The van der Waals surface area contributed by atoms with Crippen LogP contribution in [0.2, 0.25) is 0 Å². The van der Waals surface area contributed by atoms with Crippen molar-refractivity contribution in [3.8, 4) is 5.69 Å². The molecule has 0 unspecified atom stereocenters. The van der Waals surface area contributed by atoms with E-state index in [0.29, 0.717) is 16.7 Å². The molecular formula is C22H18F2N4O2. The van der Waals surface area contributed by atoms with Gasteiger partial charge in [-0.15, -0.1) is 0 Å². The Kier molecular flexibility index (Phi) is 4.91. The third-order valence-electron chi connectivity index (χ3n) is 4.93. The number of rotatable bonds is 4. The van der Waals surface area contributed by atoms with Crippen molar-refractivity contribution in [3.05, 3.63) is 87.8 Å². The summed E-state index contributed by atoms with van der Waals surface area (Å²) in [6.45, 7) is 3.56. The Morgan fingerprint density at radius 2 is 1.87 bits per heavy atom. The number of nitrogens with zero attached hydrogens (tertiary/aromatic N) is 3. The van der Waals surface area contributed by atoms with E-state index in [1.54, 1.807) is 18.2 Å². The van der Waals surface area contributed by atoms with Crippen LogP contribution < -0.4 is 10.9 Å². The van der Waals surface area contributed by atoms with Crippen molar-refractivity contribution in [1.29, 1.82) is 0 Å². The Bertz CT molecular complexity index is 1340. The number of nitrogens with one attached hydrogen (secondary N) is 1. The smallest absolute Gasteiger partial charge is 0.280 e. The van der Waals surface area contributed by atoms with Crippen LogP contribution in [0.3, 0.4) is 0 Å². The lowest BCUT2D eigenvalue weighted by Crippen LogP contribution is -2.27. The summed E-state index contributed by atoms with van der Waals surface area (Å²) in [4.78, 5) is 29.9. The monoisotopic (exact) mass is 408 g/mol. The van der Waals surface area contributed by atoms with Gasteiger partial charge < -0.3 is 5.32 Å². The highest BCUT2D eigenvalue weighted by Gasteiger charge is 2.19. The van der Waals surface area contributed by atoms with Gasteiger partial charge in [0, 0.05) is 12.3 Å². The summed E-state index contributed by atoms with van der Waals surface area (Å²) in [7, 11) is 0. The van der Waals surface area contributed by atoms with E-state index in [1.807, 2.05) is 26.0 Å². The number of carbonyl (C=O) groups is 1. The molecule has 6 nitrogen and oxygen atoms in total. The minimum atomic E-state index is -0.758. The molecule has 0 bridgehead atoms. The Balaban J connectivity index is 1.79. The fraction of sp³-hybridized carbons (Fsp3) is 0.136. The van der Waals surface area contributed by atoms with E-state index in [2.05, 4.69) is 10.3 Å². The maximum Gasteiger partial charge on any atom is 0.280 e. The summed E-state index contributed by atoms with van der Waals surface area (Å²) in [5.74, 6) is -2.06. The highest BCUT2D eigenvalue weighted by Crippen LogP contribution is 2.18. The number of aromatic nitrogens is 3. The number of pyridine rings is 1.